The molecule has 0 aliphatic carbocycles. The Morgan fingerprint density at radius 3 is 2.90 bits per heavy atom. The Kier molecular flexibility index (Phi) is 4.54. The van der Waals surface area contributed by atoms with Crippen LogP contribution in [0.4, 0.5) is 15.9 Å². The van der Waals surface area contributed by atoms with Gasteiger partial charge in [-0.1, -0.05) is 17.7 Å². The van der Waals surface area contributed by atoms with Crippen LogP contribution in [0.5, 0.6) is 11.6 Å². The predicted molar refractivity (Wildman–Crippen MR) is 76.5 cm³/mol. The Morgan fingerprint density at radius 2 is 2.24 bits per heavy atom. The van der Waals surface area contributed by atoms with Gasteiger partial charge in [-0.15, -0.1) is 0 Å². The first-order valence-corrected chi connectivity index (χ1v) is 6.41. The van der Waals surface area contributed by atoms with Gasteiger partial charge in [-0.05, 0) is 19.1 Å². The molecule has 1 aromatic heterocycles. The standard InChI is InChI=1S/C13H11ClFN3O3/c1-2-16-11-6-8(18(19)20)7-12(17-11)21-10-5-3-4-9(14)13(10)15/h3-7H,2H2,1H3,(H,16,17). The number of aromatic nitrogens is 1. The first-order chi connectivity index (χ1) is 10.0. The van der Waals surface area contributed by atoms with Crippen LogP contribution >= 0.6 is 11.6 Å². The molecule has 0 saturated heterocycles. The van der Waals surface area contributed by atoms with E-state index in [0.29, 0.717) is 6.54 Å². The van der Waals surface area contributed by atoms with Crippen molar-refractivity contribution in [2.24, 2.45) is 0 Å². The van der Waals surface area contributed by atoms with Gasteiger partial charge in [-0.25, -0.2) is 4.39 Å². The second-order valence-electron chi connectivity index (χ2n) is 3.99. The van der Waals surface area contributed by atoms with Gasteiger partial charge in [0.1, 0.15) is 5.82 Å². The van der Waals surface area contributed by atoms with Crippen molar-refractivity contribution in [1.29, 1.82) is 0 Å². The molecule has 2 aromatic rings. The van der Waals surface area contributed by atoms with Gasteiger partial charge in [0.05, 0.1) is 22.1 Å². The van der Waals surface area contributed by atoms with E-state index in [2.05, 4.69) is 10.3 Å². The van der Waals surface area contributed by atoms with Gasteiger partial charge in [-0.3, -0.25) is 10.1 Å². The van der Waals surface area contributed by atoms with Crippen molar-refractivity contribution in [3.63, 3.8) is 0 Å². The van der Waals surface area contributed by atoms with Gasteiger partial charge in [0.15, 0.2) is 11.6 Å². The highest BCUT2D eigenvalue weighted by atomic mass is 35.5. The zero-order valence-corrected chi connectivity index (χ0v) is 11.7. The molecule has 8 heteroatoms. The molecule has 1 heterocycles. The fourth-order valence-electron chi connectivity index (χ4n) is 1.60. The maximum absolute atomic E-state index is 13.8. The lowest BCUT2D eigenvalue weighted by molar-refractivity contribution is -0.384. The monoisotopic (exact) mass is 311 g/mol. The van der Waals surface area contributed by atoms with E-state index in [1.165, 1.54) is 24.3 Å². The number of anilines is 1. The predicted octanol–water partition coefficient (Wildman–Crippen LogP) is 4.01. The summed E-state index contributed by atoms with van der Waals surface area (Å²) < 4.78 is 19.0. The lowest BCUT2D eigenvalue weighted by atomic mass is 10.3. The summed E-state index contributed by atoms with van der Waals surface area (Å²) in [5.41, 5.74) is -0.210. The van der Waals surface area contributed by atoms with E-state index in [-0.39, 0.29) is 28.2 Å². The highest BCUT2D eigenvalue weighted by Gasteiger charge is 2.15. The Bertz CT molecular complexity index is 682. The molecule has 0 fully saturated rings. The Labute approximate surface area is 124 Å². The minimum atomic E-state index is -0.752. The Hall–Kier alpha value is -2.41. The molecule has 0 spiro atoms. The summed E-state index contributed by atoms with van der Waals surface area (Å²) in [4.78, 5) is 14.3. The van der Waals surface area contributed by atoms with Gasteiger partial charge in [0, 0.05) is 6.54 Å². The molecule has 1 N–H and O–H groups in total. The molecular formula is C13H11ClFN3O3. The highest BCUT2D eigenvalue weighted by molar-refractivity contribution is 6.30. The fraction of sp³-hybridized carbons (Fsp3) is 0.154. The molecule has 2 rings (SSSR count). The summed E-state index contributed by atoms with van der Waals surface area (Å²) in [5, 5.41) is 13.6. The van der Waals surface area contributed by atoms with Gasteiger partial charge in [-0.2, -0.15) is 4.98 Å². The maximum Gasteiger partial charge on any atom is 0.278 e. The molecular weight excluding hydrogens is 301 g/mol. The van der Waals surface area contributed by atoms with Crippen molar-refractivity contribution in [3.8, 4) is 11.6 Å². The molecule has 0 unspecified atom stereocenters. The number of nitro groups is 1. The average Bonchev–Trinajstić information content (AvgIpc) is 2.44. The third-order valence-corrected chi connectivity index (χ3v) is 2.78. The number of hydrogen-bond donors (Lipinski definition) is 1. The van der Waals surface area contributed by atoms with Crippen molar-refractivity contribution in [3.05, 3.63) is 51.3 Å². The van der Waals surface area contributed by atoms with Crippen molar-refractivity contribution in [2.75, 3.05) is 11.9 Å². The number of halogens is 2. The first kappa shape index (κ1) is 15.0. The summed E-state index contributed by atoms with van der Waals surface area (Å²) >= 11 is 5.65. The highest BCUT2D eigenvalue weighted by Crippen LogP contribution is 2.30. The van der Waals surface area contributed by atoms with E-state index in [4.69, 9.17) is 16.3 Å². The van der Waals surface area contributed by atoms with Crippen molar-refractivity contribution in [1.82, 2.24) is 4.98 Å². The minimum absolute atomic E-state index is 0.0960. The third-order valence-electron chi connectivity index (χ3n) is 2.49. The summed E-state index contributed by atoms with van der Waals surface area (Å²) in [5.74, 6) is -0.735. The minimum Gasteiger partial charge on any atom is -0.436 e. The number of nitrogens with one attached hydrogen (secondary N) is 1. The Morgan fingerprint density at radius 1 is 1.48 bits per heavy atom. The molecule has 1 aromatic carbocycles. The second-order valence-corrected chi connectivity index (χ2v) is 4.40. The smallest absolute Gasteiger partial charge is 0.278 e. The fourth-order valence-corrected chi connectivity index (χ4v) is 1.76. The summed E-state index contributed by atoms with van der Waals surface area (Å²) in [6.07, 6.45) is 0. The van der Waals surface area contributed by atoms with E-state index in [1.54, 1.807) is 0 Å². The quantitative estimate of drug-likeness (QED) is 0.667. The average molecular weight is 312 g/mol. The van der Waals surface area contributed by atoms with Crippen LogP contribution in [-0.4, -0.2) is 16.5 Å². The van der Waals surface area contributed by atoms with Crippen LogP contribution in [0.1, 0.15) is 6.92 Å². The molecule has 0 aliphatic rings. The largest absolute Gasteiger partial charge is 0.436 e. The maximum atomic E-state index is 13.8. The SMILES string of the molecule is CCNc1cc([N+](=O)[O-])cc(Oc2cccc(Cl)c2F)n1. The van der Waals surface area contributed by atoms with E-state index < -0.39 is 10.7 Å². The number of ether oxygens (including phenoxy) is 1. The summed E-state index contributed by atoms with van der Waals surface area (Å²) in [7, 11) is 0. The van der Waals surface area contributed by atoms with Crippen LogP contribution in [-0.2, 0) is 0 Å². The molecule has 21 heavy (non-hydrogen) atoms. The molecule has 0 aliphatic heterocycles. The van der Waals surface area contributed by atoms with Gasteiger partial charge < -0.3 is 10.1 Å². The lowest BCUT2D eigenvalue weighted by Crippen LogP contribution is -2.02. The molecule has 0 bridgehead atoms. The first-order valence-electron chi connectivity index (χ1n) is 6.03. The van der Waals surface area contributed by atoms with Crippen molar-refractivity contribution >= 4 is 23.1 Å². The van der Waals surface area contributed by atoms with E-state index in [1.807, 2.05) is 6.92 Å². The van der Waals surface area contributed by atoms with Crippen LogP contribution in [0, 0.1) is 15.9 Å². The topological polar surface area (TPSA) is 77.3 Å². The molecule has 6 nitrogen and oxygen atoms in total. The lowest BCUT2D eigenvalue weighted by Gasteiger charge is -2.08. The normalized spacial score (nSPS) is 10.2. The molecule has 0 saturated carbocycles. The van der Waals surface area contributed by atoms with Crippen LogP contribution in [0.25, 0.3) is 0 Å². The molecule has 0 amide bonds. The third kappa shape index (κ3) is 3.57. The van der Waals surface area contributed by atoms with Crippen molar-refractivity contribution < 1.29 is 14.1 Å². The van der Waals surface area contributed by atoms with Crippen LogP contribution < -0.4 is 10.1 Å². The van der Waals surface area contributed by atoms with Crippen LogP contribution in [0.3, 0.4) is 0 Å². The zero-order chi connectivity index (χ0) is 15.4. The van der Waals surface area contributed by atoms with Crippen LogP contribution in [0.15, 0.2) is 30.3 Å². The number of benzene rings is 1. The number of pyridine rings is 1. The van der Waals surface area contributed by atoms with E-state index in [9.17, 15) is 14.5 Å². The number of rotatable bonds is 5. The van der Waals surface area contributed by atoms with Gasteiger partial charge in [0.2, 0.25) is 5.88 Å². The van der Waals surface area contributed by atoms with Gasteiger partial charge >= 0.3 is 0 Å². The van der Waals surface area contributed by atoms with E-state index >= 15 is 0 Å². The molecule has 0 radical (unpaired) electrons. The van der Waals surface area contributed by atoms with Gasteiger partial charge in [0.25, 0.3) is 5.69 Å². The summed E-state index contributed by atoms with van der Waals surface area (Å²) in [6.45, 7) is 2.34. The second kappa shape index (κ2) is 6.36. The Balaban J connectivity index is 2.38. The number of hydrogen-bond acceptors (Lipinski definition) is 5. The summed E-state index contributed by atoms with van der Waals surface area (Å²) in [6, 6.07) is 6.61. The molecule has 110 valence electrons. The number of nitrogens with zero attached hydrogens (tertiary/aromatic N) is 2. The zero-order valence-electron chi connectivity index (χ0n) is 11.0. The molecule has 0 atom stereocenters. The van der Waals surface area contributed by atoms with Crippen molar-refractivity contribution in [2.45, 2.75) is 6.92 Å². The van der Waals surface area contributed by atoms with Crippen LogP contribution in [0.2, 0.25) is 5.02 Å². The van der Waals surface area contributed by atoms with E-state index in [0.717, 1.165) is 6.07 Å².